The van der Waals surface area contributed by atoms with Gasteiger partial charge in [-0.25, -0.2) is 0 Å². The van der Waals surface area contributed by atoms with Crippen molar-refractivity contribution in [3.05, 3.63) is 57.0 Å². The van der Waals surface area contributed by atoms with Gasteiger partial charge in [-0.05, 0) is 58.2 Å². The summed E-state index contributed by atoms with van der Waals surface area (Å²) >= 11 is 9.38. The first-order chi connectivity index (χ1) is 11.0. The van der Waals surface area contributed by atoms with Crippen LogP contribution in [0.2, 0.25) is 5.02 Å². The van der Waals surface area contributed by atoms with Gasteiger partial charge in [0.1, 0.15) is 11.9 Å². The summed E-state index contributed by atoms with van der Waals surface area (Å²) in [6.07, 6.45) is 0.553. The number of carbonyl (C=O) groups excluding carboxylic acids is 1. The number of nitrogens with zero attached hydrogens (tertiary/aromatic N) is 1. The van der Waals surface area contributed by atoms with Gasteiger partial charge in [-0.2, -0.15) is 0 Å². The first-order valence-electron chi connectivity index (χ1n) is 7.36. The number of rotatable bonds is 3. The van der Waals surface area contributed by atoms with E-state index in [0.29, 0.717) is 21.6 Å². The minimum absolute atomic E-state index is 0.0218. The molecule has 0 saturated heterocycles. The molecule has 1 aliphatic heterocycles. The molecule has 3 rings (SSSR count). The van der Waals surface area contributed by atoms with Crippen LogP contribution in [0.15, 0.2) is 40.9 Å². The van der Waals surface area contributed by atoms with Crippen molar-refractivity contribution in [2.24, 2.45) is 0 Å². The Labute approximate surface area is 148 Å². The fraction of sp³-hybridized carbons (Fsp3) is 0.235. The van der Waals surface area contributed by atoms with Crippen molar-refractivity contribution in [2.45, 2.75) is 19.5 Å². The van der Waals surface area contributed by atoms with E-state index in [0.717, 1.165) is 17.7 Å². The summed E-state index contributed by atoms with van der Waals surface area (Å²) in [6.45, 7) is 2.67. The molecule has 0 spiro atoms. The number of anilines is 1. The van der Waals surface area contributed by atoms with Crippen LogP contribution in [0.3, 0.4) is 0 Å². The number of hydrogen-bond acceptors (Lipinski definition) is 3. The average Bonchev–Trinajstić information content (AvgIpc) is 2.52. The standard InChI is InChI=1S/C17H16BrClN2O2/c1-2-7-21-16(10-3-6-15(22)13(18)8-10)20-14-9-11(19)4-5-12(14)17(21)23/h3-6,8-9,16,20,22H,2,7H2,1H3. The first-order valence-corrected chi connectivity index (χ1v) is 8.54. The quantitative estimate of drug-likeness (QED) is 0.786. The molecule has 4 nitrogen and oxygen atoms in total. The second-order valence-corrected chi connectivity index (χ2v) is 6.74. The van der Waals surface area contributed by atoms with Crippen molar-refractivity contribution >= 4 is 39.1 Å². The van der Waals surface area contributed by atoms with E-state index in [1.807, 2.05) is 19.1 Å². The van der Waals surface area contributed by atoms with Crippen molar-refractivity contribution in [3.63, 3.8) is 0 Å². The highest BCUT2D eigenvalue weighted by molar-refractivity contribution is 9.10. The monoisotopic (exact) mass is 394 g/mol. The third-order valence-corrected chi connectivity index (χ3v) is 4.70. The van der Waals surface area contributed by atoms with Crippen LogP contribution in [0, 0.1) is 0 Å². The Hall–Kier alpha value is -1.72. The number of hydrogen-bond donors (Lipinski definition) is 2. The molecule has 1 unspecified atom stereocenters. The molecule has 0 aliphatic carbocycles. The van der Waals surface area contributed by atoms with E-state index < -0.39 is 0 Å². The third-order valence-electron chi connectivity index (χ3n) is 3.83. The normalized spacial score (nSPS) is 16.9. The zero-order valence-electron chi connectivity index (χ0n) is 12.5. The SMILES string of the molecule is CCCN1C(=O)c2ccc(Cl)cc2NC1c1ccc(O)c(Br)c1. The zero-order chi connectivity index (χ0) is 16.6. The Balaban J connectivity index is 2.06. The maximum absolute atomic E-state index is 12.8. The van der Waals surface area contributed by atoms with Gasteiger partial charge in [-0.1, -0.05) is 24.6 Å². The van der Waals surface area contributed by atoms with Gasteiger partial charge in [0.15, 0.2) is 0 Å². The van der Waals surface area contributed by atoms with Crippen LogP contribution in [0.5, 0.6) is 5.75 Å². The van der Waals surface area contributed by atoms with E-state index in [9.17, 15) is 9.90 Å². The molecule has 6 heteroatoms. The van der Waals surface area contributed by atoms with Crippen molar-refractivity contribution < 1.29 is 9.90 Å². The van der Waals surface area contributed by atoms with Crippen LogP contribution in [0.1, 0.15) is 35.4 Å². The molecule has 2 N–H and O–H groups in total. The fourth-order valence-corrected chi connectivity index (χ4v) is 3.32. The van der Waals surface area contributed by atoms with Gasteiger partial charge in [0.2, 0.25) is 0 Å². The Kier molecular flexibility index (Phi) is 4.50. The van der Waals surface area contributed by atoms with Crippen molar-refractivity contribution in [1.82, 2.24) is 4.90 Å². The highest BCUT2D eigenvalue weighted by Crippen LogP contribution is 2.36. The lowest BCUT2D eigenvalue weighted by Gasteiger charge is -2.38. The summed E-state index contributed by atoms with van der Waals surface area (Å²) in [4.78, 5) is 14.6. The van der Waals surface area contributed by atoms with Gasteiger partial charge in [-0.15, -0.1) is 0 Å². The molecule has 120 valence electrons. The number of halogens is 2. The lowest BCUT2D eigenvalue weighted by molar-refractivity contribution is 0.0683. The summed E-state index contributed by atoms with van der Waals surface area (Å²) in [7, 11) is 0. The van der Waals surface area contributed by atoms with E-state index in [1.54, 1.807) is 29.2 Å². The smallest absolute Gasteiger partial charge is 0.257 e. The minimum Gasteiger partial charge on any atom is -0.507 e. The van der Waals surface area contributed by atoms with Gasteiger partial charge in [0.25, 0.3) is 5.91 Å². The Morgan fingerprint density at radius 3 is 2.78 bits per heavy atom. The number of aromatic hydroxyl groups is 1. The average molecular weight is 396 g/mol. The van der Waals surface area contributed by atoms with Crippen molar-refractivity contribution in [1.29, 1.82) is 0 Å². The van der Waals surface area contributed by atoms with Gasteiger partial charge in [0.05, 0.1) is 15.7 Å². The summed E-state index contributed by atoms with van der Waals surface area (Å²) in [6, 6.07) is 10.5. The van der Waals surface area contributed by atoms with Gasteiger partial charge in [0, 0.05) is 11.6 Å². The lowest BCUT2D eigenvalue weighted by Crippen LogP contribution is -2.43. The zero-order valence-corrected chi connectivity index (χ0v) is 14.9. The molecule has 2 aromatic rings. The second-order valence-electron chi connectivity index (χ2n) is 5.45. The van der Waals surface area contributed by atoms with E-state index in [2.05, 4.69) is 21.2 Å². The Bertz CT molecular complexity index is 766. The predicted molar refractivity (Wildman–Crippen MR) is 95.0 cm³/mol. The fourth-order valence-electron chi connectivity index (χ4n) is 2.75. The highest BCUT2D eigenvalue weighted by atomic mass is 79.9. The molecule has 2 aromatic carbocycles. The lowest BCUT2D eigenvalue weighted by atomic mass is 10.0. The summed E-state index contributed by atoms with van der Waals surface area (Å²) in [5.41, 5.74) is 2.24. The molecule has 1 heterocycles. The maximum Gasteiger partial charge on any atom is 0.257 e. The molecule has 1 aliphatic rings. The second kappa shape index (κ2) is 6.42. The van der Waals surface area contributed by atoms with E-state index >= 15 is 0 Å². The van der Waals surface area contributed by atoms with Gasteiger partial charge in [-0.3, -0.25) is 4.79 Å². The number of phenols is 1. The molecule has 1 atom stereocenters. The summed E-state index contributed by atoms with van der Waals surface area (Å²) in [5, 5.41) is 13.7. The van der Waals surface area contributed by atoms with Crippen LogP contribution in [0.4, 0.5) is 5.69 Å². The van der Waals surface area contributed by atoms with E-state index in [1.165, 1.54) is 0 Å². The van der Waals surface area contributed by atoms with Crippen LogP contribution >= 0.6 is 27.5 Å². The topological polar surface area (TPSA) is 52.6 Å². The molecular formula is C17H16BrClN2O2. The van der Waals surface area contributed by atoms with Gasteiger partial charge >= 0.3 is 0 Å². The van der Waals surface area contributed by atoms with E-state index in [4.69, 9.17) is 11.6 Å². The molecule has 0 bridgehead atoms. The number of carbonyl (C=O) groups is 1. The van der Waals surface area contributed by atoms with Crippen LogP contribution in [0.25, 0.3) is 0 Å². The maximum atomic E-state index is 12.8. The Morgan fingerprint density at radius 1 is 1.30 bits per heavy atom. The van der Waals surface area contributed by atoms with Crippen molar-refractivity contribution in [2.75, 3.05) is 11.9 Å². The molecule has 0 fully saturated rings. The van der Waals surface area contributed by atoms with Crippen LogP contribution in [-0.2, 0) is 0 Å². The molecule has 0 saturated carbocycles. The minimum atomic E-state index is -0.301. The van der Waals surface area contributed by atoms with Crippen molar-refractivity contribution in [3.8, 4) is 5.75 Å². The van der Waals surface area contributed by atoms with E-state index in [-0.39, 0.29) is 17.8 Å². The number of phenolic OH excluding ortho intramolecular Hbond substituents is 1. The number of benzene rings is 2. The molecular weight excluding hydrogens is 380 g/mol. The van der Waals surface area contributed by atoms with Crippen LogP contribution < -0.4 is 5.32 Å². The van der Waals surface area contributed by atoms with Crippen LogP contribution in [-0.4, -0.2) is 22.5 Å². The summed E-state index contributed by atoms with van der Waals surface area (Å²) < 4.78 is 0.595. The highest BCUT2D eigenvalue weighted by Gasteiger charge is 2.32. The first kappa shape index (κ1) is 16.1. The summed E-state index contributed by atoms with van der Waals surface area (Å²) in [5.74, 6) is 0.146. The Morgan fingerprint density at radius 2 is 2.09 bits per heavy atom. The third kappa shape index (κ3) is 3.03. The molecule has 23 heavy (non-hydrogen) atoms. The molecule has 0 radical (unpaired) electrons. The molecule has 0 aromatic heterocycles. The largest absolute Gasteiger partial charge is 0.507 e. The number of nitrogens with one attached hydrogen (secondary N) is 1. The molecule has 1 amide bonds. The van der Waals surface area contributed by atoms with Gasteiger partial charge < -0.3 is 15.3 Å². The number of fused-ring (bicyclic) bond motifs is 1. The predicted octanol–water partition coefficient (Wildman–Crippen LogP) is 4.78. The number of amides is 1.